The van der Waals surface area contributed by atoms with Gasteiger partial charge in [0.1, 0.15) is 0 Å². The molecule has 15 heavy (non-hydrogen) atoms. The molecule has 76 valence electrons. The molecule has 4 N–H and O–H groups in total. The molecule has 0 amide bonds. The summed E-state index contributed by atoms with van der Waals surface area (Å²) in [4.78, 5) is 25.2. The van der Waals surface area contributed by atoms with E-state index < -0.39 is 20.6 Å². The van der Waals surface area contributed by atoms with E-state index in [-0.39, 0.29) is 124 Å². The first-order chi connectivity index (χ1) is 4.72. The quantitative estimate of drug-likeness (QED) is 0.177. The number of rotatable bonds is 3. The molecule has 0 radical (unpaired) electrons. The van der Waals surface area contributed by atoms with Gasteiger partial charge in [-0.05, 0) is 6.92 Å². The molecule has 0 aromatic carbocycles. The van der Waals surface area contributed by atoms with Crippen molar-refractivity contribution in [1.29, 1.82) is 0 Å². The summed E-state index contributed by atoms with van der Waals surface area (Å²) in [5, 5.41) is 5.85. The van der Waals surface area contributed by atoms with Crippen LogP contribution >= 0.6 is 15.2 Å². The van der Waals surface area contributed by atoms with Crippen molar-refractivity contribution in [3.8, 4) is 0 Å². The minimum Gasteiger partial charge on any atom is -1.00 e. The van der Waals surface area contributed by atoms with Gasteiger partial charge in [-0.15, -0.1) is 0 Å². The Morgan fingerprint density at radius 2 is 1.33 bits per heavy atom. The maximum Gasteiger partial charge on any atom is 1.00 e. The Morgan fingerprint density at radius 3 is 1.40 bits per heavy atom. The van der Waals surface area contributed by atoms with Crippen LogP contribution in [0.3, 0.4) is 0 Å². The molecule has 0 aliphatic carbocycles. The van der Waals surface area contributed by atoms with Crippen molar-refractivity contribution in [3.63, 3.8) is 0 Å². The van der Waals surface area contributed by atoms with Crippen LogP contribution in [-0.2, 0) is 13.8 Å². The van der Waals surface area contributed by atoms with Gasteiger partial charge >= 0.3 is 133 Å². The van der Waals surface area contributed by atoms with Crippen LogP contribution in [0.25, 0.3) is 0 Å². The smallest absolute Gasteiger partial charge is 1.00 e. The molecule has 0 saturated carbocycles. The minimum absolute atomic E-state index is 0. The summed E-state index contributed by atoms with van der Waals surface area (Å²) >= 11 is 0. The van der Waals surface area contributed by atoms with E-state index in [0.717, 1.165) is 6.92 Å². The van der Waals surface area contributed by atoms with Crippen LogP contribution < -0.4 is 118 Å². The zero-order valence-electron chi connectivity index (χ0n) is 13.5. The molecule has 0 aliphatic rings. The van der Waals surface area contributed by atoms with E-state index >= 15 is 0 Å². The number of hydrogen-bond acceptors (Lipinski definition) is 4. The molecule has 0 rings (SSSR count). The van der Waals surface area contributed by atoms with Gasteiger partial charge in [0.2, 0.25) is 0 Å². The summed E-state index contributed by atoms with van der Waals surface area (Å²) in [7, 11) is -9.29. The molecule has 2 atom stereocenters. The topological polar surface area (TPSA) is 124 Å². The van der Waals surface area contributed by atoms with E-state index in [9.17, 15) is 9.13 Å². The second-order valence-corrected chi connectivity index (χ2v) is 6.29. The van der Waals surface area contributed by atoms with E-state index in [1.807, 2.05) is 0 Å². The summed E-state index contributed by atoms with van der Waals surface area (Å²) in [5.41, 5.74) is 0. The van der Waals surface area contributed by atoms with Crippen LogP contribution in [0.4, 0.5) is 0 Å². The molecule has 0 saturated heterocycles. The maximum atomic E-state index is 10.5. The van der Waals surface area contributed by atoms with Gasteiger partial charge in [-0.1, -0.05) is 0 Å². The van der Waals surface area contributed by atoms with Crippen molar-refractivity contribution in [2.24, 2.45) is 0 Å². The first kappa shape index (κ1) is 31.6. The van der Waals surface area contributed by atoms with Crippen LogP contribution in [0.2, 0.25) is 0 Å². The molecule has 0 fully saturated rings. The third kappa shape index (κ3) is 13.0. The van der Waals surface area contributed by atoms with Crippen molar-refractivity contribution in [2.75, 3.05) is 0 Å². The molecule has 0 heterocycles. The van der Waals surface area contributed by atoms with Crippen LogP contribution in [0.1, 0.15) is 12.6 Å². The average molecular weight is 302 g/mol. The van der Waals surface area contributed by atoms with Crippen LogP contribution in [-0.4, -0.2) is 25.3 Å². The van der Waals surface area contributed by atoms with E-state index in [1.54, 1.807) is 0 Å². The third-order valence-corrected chi connectivity index (χ3v) is 5.01. The zero-order chi connectivity index (χ0) is 9.28. The van der Waals surface area contributed by atoms with Crippen LogP contribution in [0.15, 0.2) is 0 Å². The molecule has 0 aromatic heterocycles. The minimum atomic E-state index is -4.69. The van der Waals surface area contributed by atoms with E-state index in [0.29, 0.717) is 0 Å². The second kappa shape index (κ2) is 13.3. The Kier molecular flexibility index (Phi) is 27.9. The normalized spacial score (nSPS) is 15.3. The second-order valence-electron chi connectivity index (χ2n) is 1.87. The Bertz CT molecular complexity index is 243. The van der Waals surface area contributed by atoms with Crippen molar-refractivity contribution in [2.45, 2.75) is 12.3 Å². The Labute approximate surface area is 182 Å². The predicted molar refractivity (Wildman–Crippen MR) is 39.5 cm³/mol. The Balaban J connectivity index is -0.0000000179. The van der Waals surface area contributed by atoms with Crippen molar-refractivity contribution in [3.05, 3.63) is 0 Å². The van der Waals surface area contributed by atoms with Gasteiger partial charge in [-0.3, -0.25) is 9.13 Å². The van der Waals surface area contributed by atoms with Gasteiger partial charge in [0.05, 0.1) is 0 Å². The summed E-state index contributed by atoms with van der Waals surface area (Å²) in [5.74, 6) is 0. The summed E-state index contributed by atoms with van der Waals surface area (Å²) in [6.07, 6.45) is 0. The standard InChI is InChI=1S/C2H8O7P2.4Na.4H/c1-2(10(4,5)6)11(7,8)9-3;;;;;;;;/h2-3H,1H3,(H,7,8)(H2,4,5,6);;;;;;;;/q;4*+1;4*-1. The predicted octanol–water partition coefficient (Wildman–Crippen LogP) is -11.3. The summed E-state index contributed by atoms with van der Waals surface area (Å²) in [6.45, 7) is 0.803. The van der Waals surface area contributed by atoms with E-state index in [2.05, 4.69) is 4.67 Å². The number of hydrogen-bond donors (Lipinski definition) is 4. The van der Waals surface area contributed by atoms with Crippen LogP contribution in [0, 0.1) is 0 Å². The van der Waals surface area contributed by atoms with Crippen molar-refractivity contribution < 1.29 is 158 Å². The van der Waals surface area contributed by atoms with Gasteiger partial charge in [0, 0.05) is 0 Å². The molecule has 0 spiro atoms. The van der Waals surface area contributed by atoms with E-state index in [4.69, 9.17) is 19.9 Å². The molecule has 13 heteroatoms. The Hall–Kier alpha value is 4.26. The SMILES string of the molecule is CC(P(=O)(O)O)P(=O)(O)OO.[H-].[H-].[H-].[H-].[Na+].[Na+].[Na+].[Na+]. The fourth-order valence-corrected chi connectivity index (χ4v) is 2.04. The molecule has 2 unspecified atom stereocenters. The first-order valence-electron chi connectivity index (χ1n) is 2.42. The molecule has 0 aliphatic heterocycles. The molecular weight excluding hydrogens is 290 g/mol. The van der Waals surface area contributed by atoms with Crippen LogP contribution in [0.5, 0.6) is 0 Å². The molecule has 0 bridgehead atoms. The monoisotopic (exact) mass is 302 g/mol. The Morgan fingerprint density at radius 1 is 1.07 bits per heavy atom. The fraction of sp³-hybridized carbons (Fsp3) is 1.00. The molecule has 7 nitrogen and oxygen atoms in total. The van der Waals surface area contributed by atoms with Gasteiger partial charge in [-0.2, -0.15) is 4.67 Å². The zero-order valence-corrected chi connectivity index (χ0v) is 19.3. The molecular formula is C2H12Na4O7P2. The van der Waals surface area contributed by atoms with Gasteiger partial charge in [0.15, 0.2) is 5.40 Å². The fourth-order valence-electron chi connectivity index (χ4n) is 0.258. The summed E-state index contributed by atoms with van der Waals surface area (Å²) in [6, 6.07) is 0. The van der Waals surface area contributed by atoms with Gasteiger partial charge < -0.3 is 20.4 Å². The van der Waals surface area contributed by atoms with E-state index in [1.165, 1.54) is 0 Å². The van der Waals surface area contributed by atoms with Gasteiger partial charge in [0.25, 0.3) is 0 Å². The van der Waals surface area contributed by atoms with Gasteiger partial charge in [-0.25, -0.2) is 5.26 Å². The average Bonchev–Trinajstić information content (AvgIpc) is 1.84. The third-order valence-electron chi connectivity index (χ3n) is 1.08. The van der Waals surface area contributed by atoms with Crippen molar-refractivity contribution >= 4 is 15.2 Å². The largest absolute Gasteiger partial charge is 1.00 e. The first-order valence-corrected chi connectivity index (χ1v) is 5.75. The van der Waals surface area contributed by atoms with Crippen molar-refractivity contribution in [1.82, 2.24) is 0 Å². The summed E-state index contributed by atoms with van der Waals surface area (Å²) < 4.78 is 23.9. The maximum absolute atomic E-state index is 10.5. The molecule has 0 aromatic rings.